The zero-order valence-corrected chi connectivity index (χ0v) is 14.7. The summed E-state index contributed by atoms with van der Waals surface area (Å²) in [6, 6.07) is 0. The first-order valence-electron chi connectivity index (χ1n) is 7.34. The molecule has 0 unspecified atom stereocenters. The summed E-state index contributed by atoms with van der Waals surface area (Å²) in [5.74, 6) is 0.218. The van der Waals surface area contributed by atoms with Crippen LogP contribution in [0.4, 0.5) is 0 Å². The second-order valence-electron chi connectivity index (χ2n) is 7.02. The van der Waals surface area contributed by atoms with Gasteiger partial charge in [0, 0.05) is 11.8 Å². The van der Waals surface area contributed by atoms with Crippen molar-refractivity contribution in [3.63, 3.8) is 0 Å². The summed E-state index contributed by atoms with van der Waals surface area (Å²) in [6.07, 6.45) is 2.00. The van der Waals surface area contributed by atoms with E-state index in [0.717, 1.165) is 6.42 Å². The van der Waals surface area contributed by atoms with Crippen LogP contribution in [0.15, 0.2) is 0 Å². The van der Waals surface area contributed by atoms with E-state index in [1.165, 1.54) is 0 Å². The van der Waals surface area contributed by atoms with Crippen molar-refractivity contribution in [2.45, 2.75) is 45.3 Å². The molecule has 2 saturated carbocycles. The Kier molecular flexibility index (Phi) is 3.79. The molecule has 1 saturated heterocycles. The van der Waals surface area contributed by atoms with Crippen LogP contribution in [0.25, 0.3) is 0 Å². The molecule has 3 fully saturated rings. The van der Waals surface area contributed by atoms with Gasteiger partial charge in [-0.1, -0.05) is 29.8 Å². The van der Waals surface area contributed by atoms with E-state index in [0.29, 0.717) is 24.1 Å². The predicted molar refractivity (Wildman–Crippen MR) is 80.8 cm³/mol. The number of fused-ring (bicyclic) bond motifs is 2. The summed E-state index contributed by atoms with van der Waals surface area (Å²) >= 11 is 3.28. The van der Waals surface area contributed by atoms with Crippen LogP contribution in [0.3, 0.4) is 0 Å². The van der Waals surface area contributed by atoms with Crippen molar-refractivity contribution in [2.75, 3.05) is 17.7 Å². The number of ketones is 1. The smallest absolute Gasteiger partial charge is 0.268 e. The van der Waals surface area contributed by atoms with Crippen molar-refractivity contribution < 1.29 is 22.1 Å². The minimum absolute atomic E-state index is 0.0405. The molecule has 0 aromatic rings. The number of alkyl halides is 1. The Balaban J connectivity index is 1.68. The fourth-order valence-corrected chi connectivity index (χ4v) is 6.36. The lowest BCUT2D eigenvalue weighted by Crippen LogP contribution is -2.42. The van der Waals surface area contributed by atoms with Gasteiger partial charge in [-0.3, -0.25) is 8.98 Å². The predicted octanol–water partition coefficient (Wildman–Crippen LogP) is 1.89. The lowest BCUT2D eigenvalue weighted by Gasteiger charge is -2.35. The lowest BCUT2D eigenvalue weighted by atomic mass is 9.70. The van der Waals surface area contributed by atoms with Gasteiger partial charge in [0.2, 0.25) is 0 Å². The maximum atomic E-state index is 12.3. The van der Waals surface area contributed by atoms with Crippen molar-refractivity contribution in [1.82, 2.24) is 0 Å². The van der Waals surface area contributed by atoms with Gasteiger partial charge in [0.05, 0.1) is 23.9 Å². The van der Waals surface area contributed by atoms with E-state index in [4.69, 9.17) is 8.92 Å². The first-order valence-corrected chi connectivity index (χ1v) is 10.0. The molecule has 21 heavy (non-hydrogen) atoms. The Morgan fingerprint density at radius 1 is 1.38 bits per heavy atom. The molecule has 5 nitrogen and oxygen atoms in total. The number of carbonyl (C=O) groups excluding carboxylic acids is 1. The van der Waals surface area contributed by atoms with E-state index in [1.807, 2.05) is 13.8 Å². The van der Waals surface area contributed by atoms with E-state index in [1.54, 1.807) is 0 Å². The Hall–Kier alpha value is 0.0200. The zero-order chi connectivity index (χ0) is 15.5. The highest BCUT2D eigenvalue weighted by Crippen LogP contribution is 2.64. The molecule has 7 heteroatoms. The van der Waals surface area contributed by atoms with Crippen molar-refractivity contribution in [3.8, 4) is 0 Å². The van der Waals surface area contributed by atoms with E-state index >= 15 is 0 Å². The normalized spacial score (nSPS) is 40.7. The summed E-state index contributed by atoms with van der Waals surface area (Å²) in [5.41, 5.74) is -1.01. The Bertz CT molecular complexity index is 558. The van der Waals surface area contributed by atoms with Gasteiger partial charge in [-0.25, -0.2) is 0 Å². The minimum atomic E-state index is -3.72. The molecule has 120 valence electrons. The molecule has 0 spiro atoms. The van der Waals surface area contributed by atoms with Crippen molar-refractivity contribution in [1.29, 1.82) is 0 Å². The molecule has 0 amide bonds. The molecule has 0 radical (unpaired) electrons. The standard InChI is InChI=1S/C14H21BrO5S/c1-13(2)9-3-4-14(13,12(16)5-9)8-21(17,18)19-7-11-10(6-15)20-11/h9-11H,3-8H2,1-2H3/t9-,10-,11+,14+/m0/s1. The molecule has 3 aliphatic rings. The summed E-state index contributed by atoms with van der Waals surface area (Å²) in [6.45, 7) is 4.10. The van der Waals surface area contributed by atoms with Crippen LogP contribution < -0.4 is 0 Å². The number of rotatable bonds is 6. The molecule has 1 aliphatic heterocycles. The van der Waals surface area contributed by atoms with Crippen LogP contribution in [0.5, 0.6) is 0 Å². The fourth-order valence-electron chi connectivity index (χ4n) is 4.08. The number of hydrogen-bond acceptors (Lipinski definition) is 5. The third-order valence-electron chi connectivity index (χ3n) is 5.81. The van der Waals surface area contributed by atoms with Gasteiger partial charge in [0.15, 0.2) is 0 Å². The number of epoxide rings is 1. The molecular weight excluding hydrogens is 360 g/mol. The maximum Gasteiger partial charge on any atom is 0.268 e. The maximum absolute atomic E-state index is 12.3. The average Bonchev–Trinajstić information content (AvgIpc) is 3.09. The largest absolute Gasteiger partial charge is 0.366 e. The summed E-state index contributed by atoms with van der Waals surface area (Å²) in [7, 11) is -3.72. The first kappa shape index (κ1) is 15.9. The summed E-state index contributed by atoms with van der Waals surface area (Å²) < 4.78 is 34.9. The average molecular weight is 381 g/mol. The Labute approximate surface area is 134 Å². The molecule has 2 aliphatic carbocycles. The van der Waals surface area contributed by atoms with Gasteiger partial charge >= 0.3 is 0 Å². The third-order valence-corrected chi connectivity index (χ3v) is 7.79. The highest BCUT2D eigenvalue weighted by atomic mass is 79.9. The van der Waals surface area contributed by atoms with Gasteiger partial charge in [-0.05, 0) is 24.2 Å². The van der Waals surface area contributed by atoms with Gasteiger partial charge < -0.3 is 4.74 Å². The van der Waals surface area contributed by atoms with Gasteiger partial charge in [0.25, 0.3) is 10.1 Å². The van der Waals surface area contributed by atoms with Crippen molar-refractivity contribution in [3.05, 3.63) is 0 Å². The van der Waals surface area contributed by atoms with Gasteiger partial charge in [0.1, 0.15) is 11.9 Å². The van der Waals surface area contributed by atoms with Gasteiger partial charge in [-0.15, -0.1) is 0 Å². The second kappa shape index (κ2) is 5.01. The molecule has 0 aromatic carbocycles. The second-order valence-corrected chi connectivity index (χ2v) is 9.31. The number of Topliss-reactive ketones (excluding diaryl/α,β-unsaturated/α-hetero) is 1. The molecule has 3 rings (SSSR count). The van der Waals surface area contributed by atoms with Crippen LogP contribution in [0.2, 0.25) is 0 Å². The SMILES string of the molecule is CC1(C)[C@H]2CC[C@@]1(CS(=O)(=O)OC[C@H]1O[C@H]1CBr)C(=O)C2. The van der Waals surface area contributed by atoms with Crippen LogP contribution in [0.1, 0.15) is 33.1 Å². The van der Waals surface area contributed by atoms with E-state index in [9.17, 15) is 13.2 Å². The topological polar surface area (TPSA) is 73.0 Å². The summed E-state index contributed by atoms with van der Waals surface area (Å²) in [4.78, 5) is 12.3. The molecular formula is C14H21BrO5S. The monoisotopic (exact) mass is 380 g/mol. The van der Waals surface area contributed by atoms with E-state index in [2.05, 4.69) is 15.9 Å². The van der Waals surface area contributed by atoms with E-state index in [-0.39, 0.29) is 35.8 Å². The quantitative estimate of drug-likeness (QED) is 0.399. The number of ether oxygens (including phenoxy) is 1. The van der Waals surface area contributed by atoms with Crippen LogP contribution in [0, 0.1) is 16.7 Å². The Morgan fingerprint density at radius 3 is 2.57 bits per heavy atom. The highest BCUT2D eigenvalue weighted by Gasteiger charge is 2.65. The molecule has 1 heterocycles. The van der Waals surface area contributed by atoms with Crippen molar-refractivity contribution in [2.24, 2.45) is 16.7 Å². The Morgan fingerprint density at radius 2 is 2.10 bits per heavy atom. The highest BCUT2D eigenvalue weighted by molar-refractivity contribution is 9.09. The lowest BCUT2D eigenvalue weighted by molar-refractivity contribution is -0.128. The van der Waals surface area contributed by atoms with Gasteiger partial charge in [-0.2, -0.15) is 8.42 Å². The fraction of sp³-hybridized carbons (Fsp3) is 0.929. The first-order chi connectivity index (χ1) is 9.72. The van der Waals surface area contributed by atoms with Crippen LogP contribution in [-0.2, 0) is 23.8 Å². The van der Waals surface area contributed by atoms with E-state index < -0.39 is 15.5 Å². The molecule has 0 aromatic heterocycles. The number of halogens is 1. The number of carbonyl (C=O) groups is 1. The molecule has 2 bridgehead atoms. The third kappa shape index (κ3) is 2.50. The molecule has 0 N–H and O–H groups in total. The zero-order valence-electron chi connectivity index (χ0n) is 12.3. The van der Waals surface area contributed by atoms with Crippen LogP contribution >= 0.6 is 15.9 Å². The summed E-state index contributed by atoms with van der Waals surface area (Å²) in [5, 5.41) is 0.679. The van der Waals surface area contributed by atoms with Crippen molar-refractivity contribution >= 4 is 31.8 Å². The van der Waals surface area contributed by atoms with Crippen LogP contribution in [-0.4, -0.2) is 44.1 Å². The molecule has 4 atom stereocenters. The minimum Gasteiger partial charge on any atom is -0.366 e. The number of hydrogen-bond donors (Lipinski definition) is 0.